The van der Waals surface area contributed by atoms with Crippen molar-refractivity contribution in [3.8, 4) is 5.82 Å². The Balaban J connectivity index is 2.38. The molecule has 0 atom stereocenters. The van der Waals surface area contributed by atoms with E-state index in [-0.39, 0.29) is 0 Å². The van der Waals surface area contributed by atoms with Gasteiger partial charge in [-0.3, -0.25) is 0 Å². The molecule has 15 heavy (non-hydrogen) atoms. The van der Waals surface area contributed by atoms with E-state index in [1.54, 1.807) is 6.20 Å². The first kappa shape index (κ1) is 9.86. The number of nitrogens with one attached hydrogen (secondary N) is 1. The minimum absolute atomic E-state index is 0.832. The summed E-state index contributed by atoms with van der Waals surface area (Å²) in [5.74, 6) is 0.859. The molecule has 78 valence electrons. The lowest BCUT2D eigenvalue weighted by Gasteiger charge is -2.03. The summed E-state index contributed by atoms with van der Waals surface area (Å²) in [6.07, 6.45) is 3.65. The molecule has 2 heterocycles. The first-order valence-electron chi connectivity index (χ1n) is 4.92. The molecule has 0 unspecified atom stereocenters. The zero-order valence-corrected chi connectivity index (χ0v) is 8.94. The Morgan fingerprint density at radius 2 is 2.27 bits per heavy atom. The van der Waals surface area contributed by atoms with Gasteiger partial charge in [-0.2, -0.15) is 5.10 Å². The fourth-order valence-corrected chi connectivity index (χ4v) is 1.52. The Bertz CT molecular complexity index is 433. The van der Waals surface area contributed by atoms with Gasteiger partial charge in [-0.1, -0.05) is 6.07 Å². The summed E-state index contributed by atoms with van der Waals surface area (Å²) >= 11 is 0. The standard InChI is InChI=1S/C11H14N4/c1-9-10(7-12-2)8-14-15(9)11-5-3-4-6-13-11/h3-6,8,12H,7H2,1-2H3. The molecule has 0 spiro atoms. The van der Waals surface area contributed by atoms with Crippen molar-refractivity contribution in [2.24, 2.45) is 0 Å². The smallest absolute Gasteiger partial charge is 0.153 e. The van der Waals surface area contributed by atoms with E-state index < -0.39 is 0 Å². The number of aromatic nitrogens is 3. The van der Waals surface area contributed by atoms with E-state index in [1.165, 1.54) is 5.56 Å². The third-order valence-electron chi connectivity index (χ3n) is 2.34. The maximum atomic E-state index is 4.32. The lowest BCUT2D eigenvalue weighted by molar-refractivity contribution is 0.792. The minimum Gasteiger partial charge on any atom is -0.316 e. The highest BCUT2D eigenvalue weighted by Crippen LogP contribution is 2.11. The average molecular weight is 202 g/mol. The van der Waals surface area contributed by atoms with Gasteiger partial charge in [0.05, 0.1) is 6.20 Å². The number of hydrogen-bond acceptors (Lipinski definition) is 3. The van der Waals surface area contributed by atoms with E-state index >= 15 is 0 Å². The number of pyridine rings is 1. The first-order chi connectivity index (χ1) is 7.33. The maximum absolute atomic E-state index is 4.32. The van der Waals surface area contributed by atoms with Gasteiger partial charge in [0.2, 0.25) is 0 Å². The molecule has 4 heteroatoms. The van der Waals surface area contributed by atoms with Gasteiger partial charge in [-0.15, -0.1) is 0 Å². The SMILES string of the molecule is CNCc1cnn(-c2ccccn2)c1C. The Hall–Kier alpha value is -1.68. The van der Waals surface area contributed by atoms with Crippen LogP contribution in [0.4, 0.5) is 0 Å². The molecule has 2 rings (SSSR count). The van der Waals surface area contributed by atoms with Crippen molar-refractivity contribution in [2.45, 2.75) is 13.5 Å². The lowest BCUT2D eigenvalue weighted by atomic mass is 10.2. The van der Waals surface area contributed by atoms with Gasteiger partial charge in [0.25, 0.3) is 0 Å². The summed E-state index contributed by atoms with van der Waals surface area (Å²) in [5, 5.41) is 7.43. The lowest BCUT2D eigenvalue weighted by Crippen LogP contribution is -2.07. The Morgan fingerprint density at radius 3 is 2.93 bits per heavy atom. The van der Waals surface area contributed by atoms with E-state index in [2.05, 4.69) is 15.4 Å². The summed E-state index contributed by atoms with van der Waals surface area (Å²) in [4.78, 5) is 4.26. The van der Waals surface area contributed by atoms with Crippen LogP contribution in [0, 0.1) is 6.92 Å². The Morgan fingerprint density at radius 1 is 1.40 bits per heavy atom. The third-order valence-corrected chi connectivity index (χ3v) is 2.34. The van der Waals surface area contributed by atoms with E-state index in [0.29, 0.717) is 0 Å². The summed E-state index contributed by atoms with van der Waals surface area (Å²) in [6.45, 7) is 2.88. The van der Waals surface area contributed by atoms with Crippen LogP contribution in [0.2, 0.25) is 0 Å². The zero-order valence-electron chi connectivity index (χ0n) is 8.94. The summed E-state index contributed by atoms with van der Waals surface area (Å²) < 4.78 is 1.85. The molecular formula is C11H14N4. The molecule has 1 N–H and O–H groups in total. The predicted molar refractivity (Wildman–Crippen MR) is 58.9 cm³/mol. The van der Waals surface area contributed by atoms with Crippen molar-refractivity contribution in [2.75, 3.05) is 7.05 Å². The summed E-state index contributed by atoms with van der Waals surface area (Å²) in [5.41, 5.74) is 2.33. The predicted octanol–water partition coefficient (Wildman–Crippen LogP) is 1.30. The second-order valence-corrected chi connectivity index (χ2v) is 3.39. The number of hydrogen-bond donors (Lipinski definition) is 1. The monoisotopic (exact) mass is 202 g/mol. The van der Waals surface area contributed by atoms with Crippen LogP contribution in [-0.4, -0.2) is 21.8 Å². The molecule has 0 saturated heterocycles. The van der Waals surface area contributed by atoms with Crippen LogP contribution in [-0.2, 0) is 6.54 Å². The fourth-order valence-electron chi connectivity index (χ4n) is 1.52. The highest BCUT2D eigenvalue weighted by atomic mass is 15.3. The number of nitrogens with zero attached hydrogens (tertiary/aromatic N) is 3. The van der Waals surface area contributed by atoms with Crippen LogP contribution in [0.5, 0.6) is 0 Å². The highest BCUT2D eigenvalue weighted by molar-refractivity contribution is 5.27. The molecule has 0 radical (unpaired) electrons. The van der Waals surface area contributed by atoms with Crippen molar-refractivity contribution in [1.29, 1.82) is 0 Å². The molecule has 0 bridgehead atoms. The van der Waals surface area contributed by atoms with Crippen molar-refractivity contribution in [1.82, 2.24) is 20.1 Å². The average Bonchev–Trinajstić information content (AvgIpc) is 2.63. The molecule has 0 aromatic carbocycles. The molecule has 2 aromatic rings. The van der Waals surface area contributed by atoms with Crippen LogP contribution < -0.4 is 5.32 Å². The van der Waals surface area contributed by atoms with Gasteiger partial charge in [-0.25, -0.2) is 9.67 Å². The largest absolute Gasteiger partial charge is 0.316 e. The second kappa shape index (κ2) is 4.23. The summed E-state index contributed by atoms with van der Waals surface area (Å²) in [6, 6.07) is 5.81. The Labute approximate surface area is 89.0 Å². The topological polar surface area (TPSA) is 42.7 Å². The fraction of sp³-hybridized carbons (Fsp3) is 0.273. The minimum atomic E-state index is 0.832. The maximum Gasteiger partial charge on any atom is 0.153 e. The van der Waals surface area contributed by atoms with Crippen molar-refractivity contribution >= 4 is 0 Å². The van der Waals surface area contributed by atoms with E-state index in [4.69, 9.17) is 0 Å². The van der Waals surface area contributed by atoms with Crippen LogP contribution in [0.3, 0.4) is 0 Å². The van der Waals surface area contributed by atoms with Crippen LogP contribution in [0.15, 0.2) is 30.6 Å². The van der Waals surface area contributed by atoms with Crippen LogP contribution in [0.1, 0.15) is 11.3 Å². The van der Waals surface area contributed by atoms with Gasteiger partial charge < -0.3 is 5.32 Å². The third kappa shape index (κ3) is 1.89. The molecule has 0 aliphatic rings. The van der Waals surface area contributed by atoms with E-state index in [0.717, 1.165) is 18.1 Å². The zero-order chi connectivity index (χ0) is 10.7. The van der Waals surface area contributed by atoms with Gasteiger partial charge in [0.1, 0.15) is 0 Å². The molecular weight excluding hydrogens is 188 g/mol. The molecule has 0 amide bonds. The van der Waals surface area contributed by atoms with E-state index in [9.17, 15) is 0 Å². The quantitative estimate of drug-likeness (QED) is 0.815. The van der Waals surface area contributed by atoms with Gasteiger partial charge in [0.15, 0.2) is 5.82 Å². The molecule has 0 saturated carbocycles. The number of rotatable bonds is 3. The molecule has 0 fully saturated rings. The first-order valence-corrected chi connectivity index (χ1v) is 4.92. The normalized spacial score (nSPS) is 10.5. The van der Waals surface area contributed by atoms with Gasteiger partial charge >= 0.3 is 0 Å². The van der Waals surface area contributed by atoms with Crippen LogP contribution >= 0.6 is 0 Å². The molecule has 0 aliphatic carbocycles. The Kier molecular flexibility index (Phi) is 2.78. The van der Waals surface area contributed by atoms with Gasteiger partial charge in [0, 0.05) is 24.0 Å². The van der Waals surface area contributed by atoms with Crippen molar-refractivity contribution in [3.63, 3.8) is 0 Å². The molecule has 4 nitrogen and oxygen atoms in total. The van der Waals surface area contributed by atoms with Crippen LogP contribution in [0.25, 0.3) is 5.82 Å². The molecule has 0 aliphatic heterocycles. The highest BCUT2D eigenvalue weighted by Gasteiger charge is 2.07. The van der Waals surface area contributed by atoms with Gasteiger partial charge in [-0.05, 0) is 26.1 Å². The summed E-state index contributed by atoms with van der Waals surface area (Å²) in [7, 11) is 1.93. The van der Waals surface area contributed by atoms with Crippen molar-refractivity contribution in [3.05, 3.63) is 41.9 Å². The molecule has 2 aromatic heterocycles. The van der Waals surface area contributed by atoms with Crippen molar-refractivity contribution < 1.29 is 0 Å². The second-order valence-electron chi connectivity index (χ2n) is 3.39. The van der Waals surface area contributed by atoms with E-state index in [1.807, 2.05) is 43.0 Å².